The minimum atomic E-state index is -0.529. The first-order chi connectivity index (χ1) is 16.9. The monoisotopic (exact) mass is 510 g/mol. The molecule has 0 bridgehead atoms. The van der Waals surface area contributed by atoms with Crippen LogP contribution in [0.4, 0.5) is 5.69 Å². The molecule has 3 rings (SSSR count). The Labute approximate surface area is 214 Å². The lowest BCUT2D eigenvalue weighted by atomic mass is 10.1. The number of hydrogen-bond acceptors (Lipinski definition) is 5. The Kier molecular flexibility index (Phi) is 9.42. The van der Waals surface area contributed by atoms with Gasteiger partial charge in [0.1, 0.15) is 24.0 Å². The van der Waals surface area contributed by atoms with E-state index in [9.17, 15) is 10.1 Å². The molecule has 180 valence electrons. The Morgan fingerprint density at radius 1 is 0.943 bits per heavy atom. The lowest BCUT2D eigenvalue weighted by molar-refractivity contribution is -0.112. The van der Waals surface area contributed by atoms with Crippen LogP contribution >= 0.6 is 23.2 Å². The van der Waals surface area contributed by atoms with E-state index in [1.165, 1.54) is 6.08 Å². The summed E-state index contributed by atoms with van der Waals surface area (Å²) < 4.78 is 17.1. The third-order valence-corrected chi connectivity index (χ3v) is 5.46. The quantitative estimate of drug-likeness (QED) is 0.236. The van der Waals surface area contributed by atoms with Gasteiger partial charge in [0.25, 0.3) is 5.91 Å². The Hall–Kier alpha value is -3.66. The standard InChI is InChI=1S/C27H24Cl2N2O4/c1-3-33-22-7-5-6-21(15-22)31-27(32)20(16-30)12-18-9-11-25(26(14-18)34-4-2)35-17-19-8-10-23(28)24(29)13-19/h5-15H,3-4,17H2,1-2H3,(H,31,32). The van der Waals surface area contributed by atoms with Crippen LogP contribution in [0.25, 0.3) is 6.08 Å². The van der Waals surface area contributed by atoms with E-state index >= 15 is 0 Å². The third-order valence-electron chi connectivity index (χ3n) is 4.72. The summed E-state index contributed by atoms with van der Waals surface area (Å²) in [5.41, 5.74) is 1.94. The fourth-order valence-corrected chi connectivity index (χ4v) is 3.46. The predicted octanol–water partition coefficient (Wildman–Crippen LogP) is 6.92. The maximum atomic E-state index is 12.7. The first kappa shape index (κ1) is 26.0. The van der Waals surface area contributed by atoms with Crippen LogP contribution in [0.15, 0.2) is 66.2 Å². The van der Waals surface area contributed by atoms with Gasteiger partial charge >= 0.3 is 0 Å². The van der Waals surface area contributed by atoms with E-state index in [4.69, 9.17) is 37.4 Å². The zero-order chi connectivity index (χ0) is 25.2. The van der Waals surface area contributed by atoms with Gasteiger partial charge in [0, 0.05) is 11.8 Å². The fourth-order valence-electron chi connectivity index (χ4n) is 3.14. The molecule has 3 aromatic carbocycles. The van der Waals surface area contributed by atoms with Gasteiger partial charge in [-0.3, -0.25) is 4.79 Å². The second kappa shape index (κ2) is 12.7. The number of rotatable bonds is 10. The van der Waals surface area contributed by atoms with Crippen molar-refractivity contribution in [3.05, 3.63) is 87.4 Å². The van der Waals surface area contributed by atoms with Crippen LogP contribution in [-0.2, 0) is 11.4 Å². The van der Waals surface area contributed by atoms with Gasteiger partial charge in [0.15, 0.2) is 11.5 Å². The predicted molar refractivity (Wildman–Crippen MR) is 138 cm³/mol. The maximum absolute atomic E-state index is 12.7. The first-order valence-corrected chi connectivity index (χ1v) is 11.7. The highest BCUT2D eigenvalue weighted by Gasteiger charge is 2.12. The van der Waals surface area contributed by atoms with E-state index < -0.39 is 5.91 Å². The number of ether oxygens (including phenoxy) is 3. The topological polar surface area (TPSA) is 80.6 Å². The number of carbonyl (C=O) groups excluding carboxylic acids is 1. The number of nitrogens with zero attached hydrogens (tertiary/aromatic N) is 1. The average molecular weight is 511 g/mol. The summed E-state index contributed by atoms with van der Waals surface area (Å²) in [5, 5.41) is 13.2. The molecule has 0 atom stereocenters. The molecule has 0 aliphatic heterocycles. The Balaban J connectivity index is 1.77. The molecule has 0 aliphatic carbocycles. The summed E-state index contributed by atoms with van der Waals surface area (Å²) in [5.74, 6) is 1.11. The minimum Gasteiger partial charge on any atom is -0.494 e. The smallest absolute Gasteiger partial charge is 0.266 e. The second-order valence-electron chi connectivity index (χ2n) is 7.26. The minimum absolute atomic E-state index is 0.0567. The van der Waals surface area contributed by atoms with Gasteiger partial charge in [-0.1, -0.05) is 41.4 Å². The molecular formula is C27H24Cl2N2O4. The van der Waals surface area contributed by atoms with Crippen LogP contribution in [-0.4, -0.2) is 19.1 Å². The van der Waals surface area contributed by atoms with Crippen LogP contribution in [0.3, 0.4) is 0 Å². The molecule has 0 saturated heterocycles. The van der Waals surface area contributed by atoms with Crippen molar-refractivity contribution in [3.8, 4) is 23.3 Å². The van der Waals surface area contributed by atoms with Crippen LogP contribution < -0.4 is 19.5 Å². The van der Waals surface area contributed by atoms with Crippen molar-refractivity contribution < 1.29 is 19.0 Å². The molecule has 3 aromatic rings. The number of halogens is 2. The summed E-state index contributed by atoms with van der Waals surface area (Å²) in [4.78, 5) is 12.7. The highest BCUT2D eigenvalue weighted by molar-refractivity contribution is 6.42. The molecule has 8 heteroatoms. The van der Waals surface area contributed by atoms with E-state index in [1.54, 1.807) is 54.6 Å². The number of nitriles is 1. The summed E-state index contributed by atoms with van der Waals surface area (Å²) in [6.45, 7) is 4.92. The van der Waals surface area contributed by atoms with Crippen LogP contribution in [0, 0.1) is 11.3 Å². The molecule has 1 amide bonds. The van der Waals surface area contributed by atoms with E-state index in [0.717, 1.165) is 5.56 Å². The molecule has 0 fully saturated rings. The summed E-state index contributed by atoms with van der Waals surface area (Å²) in [6, 6.07) is 19.4. The molecule has 0 heterocycles. The van der Waals surface area contributed by atoms with Crippen molar-refractivity contribution in [2.75, 3.05) is 18.5 Å². The molecule has 1 N–H and O–H groups in total. The average Bonchev–Trinajstić information content (AvgIpc) is 2.84. The van der Waals surface area contributed by atoms with Crippen LogP contribution in [0.5, 0.6) is 17.2 Å². The Morgan fingerprint density at radius 2 is 1.74 bits per heavy atom. The molecule has 0 unspecified atom stereocenters. The normalized spacial score (nSPS) is 10.9. The molecule has 0 aromatic heterocycles. The van der Waals surface area contributed by atoms with E-state index in [0.29, 0.717) is 51.8 Å². The summed E-state index contributed by atoms with van der Waals surface area (Å²) in [7, 11) is 0. The van der Waals surface area contributed by atoms with Crippen molar-refractivity contribution >= 4 is 40.9 Å². The lowest BCUT2D eigenvalue weighted by Crippen LogP contribution is -2.13. The van der Waals surface area contributed by atoms with Gasteiger partial charge in [0.05, 0.1) is 23.3 Å². The number of hydrogen-bond donors (Lipinski definition) is 1. The van der Waals surface area contributed by atoms with Gasteiger partial charge in [-0.25, -0.2) is 0 Å². The maximum Gasteiger partial charge on any atom is 0.266 e. The zero-order valence-corrected chi connectivity index (χ0v) is 20.8. The van der Waals surface area contributed by atoms with E-state index in [1.807, 2.05) is 26.0 Å². The van der Waals surface area contributed by atoms with Gasteiger partial charge in [-0.15, -0.1) is 0 Å². The first-order valence-electron chi connectivity index (χ1n) is 10.9. The van der Waals surface area contributed by atoms with Crippen molar-refractivity contribution in [1.29, 1.82) is 5.26 Å². The largest absolute Gasteiger partial charge is 0.494 e. The molecule has 6 nitrogen and oxygen atoms in total. The molecule has 0 radical (unpaired) electrons. The van der Waals surface area contributed by atoms with Gasteiger partial charge in [0.2, 0.25) is 0 Å². The molecule has 35 heavy (non-hydrogen) atoms. The highest BCUT2D eigenvalue weighted by Crippen LogP contribution is 2.31. The van der Waals surface area contributed by atoms with Crippen molar-refractivity contribution in [3.63, 3.8) is 0 Å². The lowest BCUT2D eigenvalue weighted by Gasteiger charge is -2.13. The summed E-state index contributed by atoms with van der Waals surface area (Å²) in [6.07, 6.45) is 1.49. The highest BCUT2D eigenvalue weighted by atomic mass is 35.5. The number of nitrogens with one attached hydrogen (secondary N) is 1. The summed E-state index contributed by atoms with van der Waals surface area (Å²) >= 11 is 12.0. The van der Waals surface area contributed by atoms with Gasteiger partial charge in [-0.05, 0) is 67.4 Å². The number of benzene rings is 3. The third kappa shape index (κ3) is 7.41. The molecule has 0 spiro atoms. The van der Waals surface area contributed by atoms with Gasteiger partial charge in [-0.2, -0.15) is 5.26 Å². The van der Waals surface area contributed by atoms with Gasteiger partial charge < -0.3 is 19.5 Å². The Morgan fingerprint density at radius 3 is 2.46 bits per heavy atom. The second-order valence-corrected chi connectivity index (χ2v) is 8.08. The van der Waals surface area contributed by atoms with Crippen LogP contribution in [0.1, 0.15) is 25.0 Å². The van der Waals surface area contributed by atoms with Crippen molar-refractivity contribution in [2.45, 2.75) is 20.5 Å². The number of carbonyl (C=O) groups is 1. The number of amides is 1. The fraction of sp³-hybridized carbons (Fsp3) is 0.185. The molecular weight excluding hydrogens is 487 g/mol. The Bertz CT molecular complexity index is 1270. The molecule has 0 saturated carbocycles. The van der Waals surface area contributed by atoms with Crippen molar-refractivity contribution in [2.24, 2.45) is 0 Å². The van der Waals surface area contributed by atoms with E-state index in [2.05, 4.69) is 5.32 Å². The number of anilines is 1. The van der Waals surface area contributed by atoms with E-state index in [-0.39, 0.29) is 12.2 Å². The molecule has 0 aliphatic rings. The SMILES string of the molecule is CCOc1cccc(NC(=O)C(C#N)=Cc2ccc(OCc3ccc(Cl)c(Cl)c3)c(OCC)c2)c1. The van der Waals surface area contributed by atoms with Crippen molar-refractivity contribution in [1.82, 2.24) is 0 Å². The zero-order valence-electron chi connectivity index (χ0n) is 19.3. The van der Waals surface area contributed by atoms with Crippen LogP contribution in [0.2, 0.25) is 10.0 Å².